The van der Waals surface area contributed by atoms with Gasteiger partial charge in [0.2, 0.25) is 0 Å². The fraction of sp³-hybridized carbons (Fsp3) is 0.235. The molecule has 2 aromatic heterocycles. The third kappa shape index (κ3) is 3.48. The van der Waals surface area contributed by atoms with E-state index in [9.17, 15) is 4.79 Å². The zero-order valence-electron chi connectivity index (χ0n) is 13.0. The molecule has 0 spiro atoms. The fourth-order valence-electron chi connectivity index (χ4n) is 2.18. The zero-order chi connectivity index (χ0) is 16.2. The first-order valence-corrected chi connectivity index (χ1v) is 8.24. The van der Waals surface area contributed by atoms with Crippen molar-refractivity contribution < 1.29 is 9.53 Å². The van der Waals surface area contributed by atoms with Crippen LogP contribution < -0.4 is 5.32 Å². The molecule has 3 rings (SSSR count). The number of aryl methyl sites for hydroxylation is 1. The smallest absolute Gasteiger partial charge is 0.338 e. The van der Waals surface area contributed by atoms with Crippen LogP contribution in [0.2, 0.25) is 0 Å². The van der Waals surface area contributed by atoms with E-state index in [4.69, 9.17) is 4.74 Å². The molecule has 1 aromatic carbocycles. The Kier molecular flexibility index (Phi) is 4.52. The standard InChI is InChI=1S/C17H17N3O2S/c1-3-8-22-17(21)12-4-6-13(7-5-12)20-15-14-9-11(2)23-16(14)19-10-18-15/h4-7,9-10H,3,8H2,1-2H3,(H,18,19,20). The molecule has 0 radical (unpaired) electrons. The Morgan fingerprint density at radius 3 is 2.78 bits per heavy atom. The molecule has 23 heavy (non-hydrogen) atoms. The molecule has 1 N–H and O–H groups in total. The Labute approximate surface area is 138 Å². The van der Waals surface area contributed by atoms with Crippen molar-refractivity contribution in [2.24, 2.45) is 0 Å². The number of carbonyl (C=O) groups excluding carboxylic acids is 1. The Morgan fingerprint density at radius 2 is 2.04 bits per heavy atom. The predicted molar refractivity (Wildman–Crippen MR) is 92.5 cm³/mol. The van der Waals surface area contributed by atoms with Gasteiger partial charge in [0.25, 0.3) is 0 Å². The molecule has 0 fully saturated rings. The summed E-state index contributed by atoms with van der Waals surface area (Å²) in [5.74, 6) is 0.469. The third-order valence-electron chi connectivity index (χ3n) is 3.27. The van der Waals surface area contributed by atoms with Crippen LogP contribution in [0.3, 0.4) is 0 Å². The number of aromatic nitrogens is 2. The number of ether oxygens (including phenoxy) is 1. The van der Waals surface area contributed by atoms with E-state index >= 15 is 0 Å². The maximum atomic E-state index is 11.8. The van der Waals surface area contributed by atoms with Crippen LogP contribution in [-0.2, 0) is 4.74 Å². The van der Waals surface area contributed by atoms with E-state index in [0.29, 0.717) is 12.2 Å². The van der Waals surface area contributed by atoms with Gasteiger partial charge >= 0.3 is 5.97 Å². The van der Waals surface area contributed by atoms with E-state index in [2.05, 4.69) is 21.4 Å². The highest BCUT2D eigenvalue weighted by Gasteiger charge is 2.09. The average Bonchev–Trinajstić information content (AvgIpc) is 2.94. The summed E-state index contributed by atoms with van der Waals surface area (Å²) >= 11 is 1.64. The van der Waals surface area contributed by atoms with Crippen LogP contribution in [-0.4, -0.2) is 22.5 Å². The summed E-state index contributed by atoms with van der Waals surface area (Å²) in [5.41, 5.74) is 1.41. The van der Waals surface area contributed by atoms with Gasteiger partial charge in [-0.1, -0.05) is 6.92 Å². The van der Waals surface area contributed by atoms with Crippen molar-refractivity contribution in [1.82, 2.24) is 9.97 Å². The third-order valence-corrected chi connectivity index (χ3v) is 4.23. The number of nitrogens with one attached hydrogen (secondary N) is 1. The first-order valence-electron chi connectivity index (χ1n) is 7.42. The van der Waals surface area contributed by atoms with Crippen LogP contribution in [0.25, 0.3) is 10.2 Å². The highest BCUT2D eigenvalue weighted by Crippen LogP contribution is 2.29. The molecular formula is C17H17N3O2S. The lowest BCUT2D eigenvalue weighted by Crippen LogP contribution is -2.05. The van der Waals surface area contributed by atoms with Crippen molar-refractivity contribution in [2.45, 2.75) is 20.3 Å². The molecule has 118 valence electrons. The molecule has 5 nitrogen and oxygen atoms in total. The second-order valence-electron chi connectivity index (χ2n) is 5.14. The van der Waals surface area contributed by atoms with E-state index in [1.807, 2.05) is 26.0 Å². The van der Waals surface area contributed by atoms with Gasteiger partial charge in [0, 0.05) is 10.6 Å². The van der Waals surface area contributed by atoms with Gasteiger partial charge in [-0.05, 0) is 43.7 Å². The maximum absolute atomic E-state index is 11.8. The molecule has 0 atom stereocenters. The second-order valence-corrected chi connectivity index (χ2v) is 6.37. The highest BCUT2D eigenvalue weighted by molar-refractivity contribution is 7.18. The first-order chi connectivity index (χ1) is 11.2. The molecular weight excluding hydrogens is 310 g/mol. The summed E-state index contributed by atoms with van der Waals surface area (Å²) in [5, 5.41) is 4.27. The summed E-state index contributed by atoms with van der Waals surface area (Å²) in [7, 11) is 0. The van der Waals surface area contributed by atoms with Gasteiger partial charge in [0.05, 0.1) is 17.6 Å². The van der Waals surface area contributed by atoms with Gasteiger partial charge in [0.15, 0.2) is 0 Å². The fourth-order valence-corrected chi connectivity index (χ4v) is 3.03. The molecule has 0 aliphatic heterocycles. The van der Waals surface area contributed by atoms with E-state index in [1.54, 1.807) is 29.8 Å². The molecule has 0 saturated carbocycles. The molecule has 0 aliphatic carbocycles. The van der Waals surface area contributed by atoms with Crippen molar-refractivity contribution >= 4 is 39.0 Å². The van der Waals surface area contributed by atoms with Gasteiger partial charge in [-0.3, -0.25) is 0 Å². The normalized spacial score (nSPS) is 10.7. The van der Waals surface area contributed by atoms with Crippen molar-refractivity contribution in [3.63, 3.8) is 0 Å². The molecule has 3 aromatic rings. The quantitative estimate of drug-likeness (QED) is 0.707. The Balaban J connectivity index is 1.78. The molecule has 0 amide bonds. The minimum atomic E-state index is -0.295. The van der Waals surface area contributed by atoms with Crippen LogP contribution in [0.15, 0.2) is 36.7 Å². The molecule has 0 unspecified atom stereocenters. The van der Waals surface area contributed by atoms with Crippen molar-refractivity contribution in [2.75, 3.05) is 11.9 Å². The van der Waals surface area contributed by atoms with E-state index in [0.717, 1.165) is 28.1 Å². The van der Waals surface area contributed by atoms with Crippen LogP contribution in [0, 0.1) is 6.92 Å². The molecule has 0 bridgehead atoms. The topological polar surface area (TPSA) is 64.1 Å². The van der Waals surface area contributed by atoms with Gasteiger partial charge in [-0.2, -0.15) is 0 Å². The number of anilines is 2. The molecule has 6 heteroatoms. The van der Waals surface area contributed by atoms with Crippen LogP contribution in [0.1, 0.15) is 28.6 Å². The Morgan fingerprint density at radius 1 is 1.26 bits per heavy atom. The summed E-state index contributed by atoms with van der Waals surface area (Å²) in [6.45, 7) is 4.46. The molecule has 0 aliphatic rings. The Bertz CT molecular complexity index is 827. The van der Waals surface area contributed by atoms with Crippen molar-refractivity contribution in [1.29, 1.82) is 0 Å². The van der Waals surface area contributed by atoms with E-state index < -0.39 is 0 Å². The number of nitrogens with zero attached hydrogens (tertiary/aromatic N) is 2. The highest BCUT2D eigenvalue weighted by atomic mass is 32.1. The number of hydrogen-bond acceptors (Lipinski definition) is 6. The largest absolute Gasteiger partial charge is 0.462 e. The lowest BCUT2D eigenvalue weighted by molar-refractivity contribution is 0.0505. The monoisotopic (exact) mass is 327 g/mol. The van der Waals surface area contributed by atoms with E-state index in [1.165, 1.54) is 4.88 Å². The minimum absolute atomic E-state index is 0.295. The number of fused-ring (bicyclic) bond motifs is 1. The van der Waals surface area contributed by atoms with Crippen molar-refractivity contribution in [3.8, 4) is 0 Å². The number of esters is 1. The lowest BCUT2D eigenvalue weighted by Gasteiger charge is -2.07. The first kappa shape index (κ1) is 15.4. The SMILES string of the molecule is CCCOC(=O)c1ccc(Nc2ncnc3sc(C)cc23)cc1. The molecule has 0 saturated heterocycles. The number of hydrogen-bond donors (Lipinski definition) is 1. The minimum Gasteiger partial charge on any atom is -0.462 e. The van der Waals surface area contributed by atoms with Gasteiger partial charge < -0.3 is 10.1 Å². The average molecular weight is 327 g/mol. The maximum Gasteiger partial charge on any atom is 0.338 e. The summed E-state index contributed by atoms with van der Waals surface area (Å²) in [6.07, 6.45) is 2.37. The van der Waals surface area contributed by atoms with Gasteiger partial charge in [-0.15, -0.1) is 11.3 Å². The number of thiophene rings is 1. The zero-order valence-corrected chi connectivity index (χ0v) is 13.8. The number of rotatable bonds is 5. The predicted octanol–water partition coefficient (Wildman–Crippen LogP) is 4.31. The van der Waals surface area contributed by atoms with Crippen LogP contribution in [0.4, 0.5) is 11.5 Å². The number of benzene rings is 1. The number of carbonyl (C=O) groups is 1. The van der Waals surface area contributed by atoms with Crippen LogP contribution >= 0.6 is 11.3 Å². The second kappa shape index (κ2) is 6.75. The summed E-state index contributed by atoms with van der Waals surface area (Å²) in [6, 6.07) is 9.25. The van der Waals surface area contributed by atoms with Crippen molar-refractivity contribution in [3.05, 3.63) is 47.1 Å². The molecule has 2 heterocycles. The van der Waals surface area contributed by atoms with Crippen LogP contribution in [0.5, 0.6) is 0 Å². The van der Waals surface area contributed by atoms with Gasteiger partial charge in [-0.25, -0.2) is 14.8 Å². The van der Waals surface area contributed by atoms with E-state index in [-0.39, 0.29) is 5.97 Å². The van der Waals surface area contributed by atoms with Gasteiger partial charge in [0.1, 0.15) is 17.0 Å². The summed E-state index contributed by atoms with van der Waals surface area (Å²) < 4.78 is 5.12. The summed E-state index contributed by atoms with van der Waals surface area (Å²) in [4.78, 5) is 22.5. The Hall–Kier alpha value is -2.47. The lowest BCUT2D eigenvalue weighted by atomic mass is 10.2.